The summed E-state index contributed by atoms with van der Waals surface area (Å²) >= 11 is 6.49. The lowest BCUT2D eigenvalue weighted by Gasteiger charge is -2.03. The summed E-state index contributed by atoms with van der Waals surface area (Å²) in [6.45, 7) is 5.76. The van der Waals surface area contributed by atoms with Gasteiger partial charge in [0.1, 0.15) is 0 Å². The molecule has 0 fully saturated rings. The van der Waals surface area contributed by atoms with Crippen LogP contribution in [0.15, 0.2) is 21.1 Å². The molecule has 0 aliphatic carbocycles. The van der Waals surface area contributed by atoms with Crippen molar-refractivity contribution in [1.29, 1.82) is 0 Å². The Morgan fingerprint density at radius 2 is 1.79 bits per heavy atom. The van der Waals surface area contributed by atoms with Crippen molar-refractivity contribution in [1.82, 2.24) is 0 Å². The standard InChI is InChI=1S/C8H6Br2O2.C2H6/c1-4-6(8(11)12)2-5(9)3-7(4)10;1-2/h2-3H,1H3,(H,11,12);1-2H3. The van der Waals surface area contributed by atoms with Crippen LogP contribution in [-0.4, -0.2) is 11.1 Å². The second-order valence-electron chi connectivity index (χ2n) is 2.37. The van der Waals surface area contributed by atoms with Crippen LogP contribution in [0.5, 0.6) is 0 Å². The zero-order chi connectivity index (χ0) is 11.3. The lowest BCUT2D eigenvalue weighted by Crippen LogP contribution is -1.99. The van der Waals surface area contributed by atoms with Crippen molar-refractivity contribution in [3.8, 4) is 0 Å². The zero-order valence-electron chi connectivity index (χ0n) is 8.27. The van der Waals surface area contributed by atoms with Gasteiger partial charge in [-0.2, -0.15) is 0 Å². The van der Waals surface area contributed by atoms with Crippen molar-refractivity contribution in [2.24, 2.45) is 0 Å². The maximum atomic E-state index is 10.7. The second-order valence-corrected chi connectivity index (χ2v) is 4.14. The van der Waals surface area contributed by atoms with Gasteiger partial charge in [0.2, 0.25) is 0 Å². The van der Waals surface area contributed by atoms with Gasteiger partial charge in [0.15, 0.2) is 0 Å². The van der Waals surface area contributed by atoms with E-state index in [1.807, 2.05) is 19.9 Å². The molecule has 78 valence electrons. The van der Waals surface area contributed by atoms with Gasteiger partial charge in [-0.1, -0.05) is 45.7 Å². The first-order chi connectivity index (χ1) is 6.52. The van der Waals surface area contributed by atoms with Gasteiger partial charge >= 0.3 is 5.97 Å². The molecule has 4 heteroatoms. The van der Waals surface area contributed by atoms with E-state index in [-0.39, 0.29) is 0 Å². The van der Waals surface area contributed by atoms with E-state index >= 15 is 0 Å². The van der Waals surface area contributed by atoms with E-state index < -0.39 is 5.97 Å². The number of halogens is 2. The Bertz CT molecular complexity index is 335. The summed E-state index contributed by atoms with van der Waals surface area (Å²) < 4.78 is 1.56. The minimum Gasteiger partial charge on any atom is -0.478 e. The predicted molar refractivity (Wildman–Crippen MR) is 64.9 cm³/mol. The molecule has 0 heterocycles. The Morgan fingerprint density at radius 3 is 2.21 bits per heavy atom. The first-order valence-corrected chi connectivity index (χ1v) is 5.80. The van der Waals surface area contributed by atoms with E-state index in [0.29, 0.717) is 5.56 Å². The second kappa shape index (κ2) is 6.19. The van der Waals surface area contributed by atoms with Gasteiger partial charge in [-0.05, 0) is 24.6 Å². The Labute approximate surface area is 101 Å². The third-order valence-electron chi connectivity index (χ3n) is 1.54. The molecule has 2 nitrogen and oxygen atoms in total. The smallest absolute Gasteiger partial charge is 0.336 e. The molecule has 0 aromatic heterocycles. The van der Waals surface area contributed by atoms with E-state index in [4.69, 9.17) is 5.11 Å². The summed E-state index contributed by atoms with van der Waals surface area (Å²) in [6, 6.07) is 3.41. The highest BCUT2D eigenvalue weighted by molar-refractivity contribution is 9.11. The molecule has 0 aliphatic heterocycles. The van der Waals surface area contributed by atoms with Crippen molar-refractivity contribution >= 4 is 37.8 Å². The normalized spacial score (nSPS) is 8.93. The molecule has 14 heavy (non-hydrogen) atoms. The van der Waals surface area contributed by atoms with Crippen LogP contribution in [0.3, 0.4) is 0 Å². The highest BCUT2D eigenvalue weighted by Crippen LogP contribution is 2.25. The monoisotopic (exact) mass is 322 g/mol. The number of benzene rings is 1. The van der Waals surface area contributed by atoms with Crippen LogP contribution < -0.4 is 0 Å². The number of carboxylic acids is 1. The van der Waals surface area contributed by atoms with E-state index in [1.54, 1.807) is 13.0 Å². The Hall–Kier alpha value is -0.350. The van der Waals surface area contributed by atoms with Crippen LogP contribution in [0.25, 0.3) is 0 Å². The van der Waals surface area contributed by atoms with Gasteiger partial charge in [0, 0.05) is 8.95 Å². The topological polar surface area (TPSA) is 37.3 Å². The van der Waals surface area contributed by atoms with Gasteiger partial charge in [-0.3, -0.25) is 0 Å². The number of hydrogen-bond acceptors (Lipinski definition) is 1. The van der Waals surface area contributed by atoms with Crippen LogP contribution in [0, 0.1) is 6.92 Å². The molecule has 0 atom stereocenters. The average molecular weight is 324 g/mol. The van der Waals surface area contributed by atoms with E-state index in [2.05, 4.69) is 31.9 Å². The molecular weight excluding hydrogens is 312 g/mol. The molecule has 1 aromatic carbocycles. The molecule has 0 aliphatic rings. The largest absolute Gasteiger partial charge is 0.478 e. The summed E-state index contributed by atoms with van der Waals surface area (Å²) in [5.74, 6) is -0.908. The van der Waals surface area contributed by atoms with Crippen molar-refractivity contribution in [2.45, 2.75) is 20.8 Å². The summed E-state index contributed by atoms with van der Waals surface area (Å²) in [4.78, 5) is 10.7. The maximum absolute atomic E-state index is 10.7. The zero-order valence-corrected chi connectivity index (χ0v) is 11.4. The van der Waals surface area contributed by atoms with Crippen LogP contribution in [0.4, 0.5) is 0 Å². The van der Waals surface area contributed by atoms with Crippen molar-refractivity contribution in [2.75, 3.05) is 0 Å². The number of carbonyl (C=O) groups is 1. The Balaban J connectivity index is 0.000000791. The fraction of sp³-hybridized carbons (Fsp3) is 0.300. The summed E-state index contributed by atoms with van der Waals surface area (Å²) in [7, 11) is 0. The fourth-order valence-corrected chi connectivity index (χ4v) is 2.09. The quantitative estimate of drug-likeness (QED) is 0.839. The van der Waals surface area contributed by atoms with Crippen molar-refractivity contribution in [3.05, 3.63) is 32.2 Å². The fourth-order valence-electron chi connectivity index (χ4n) is 0.868. The number of hydrogen-bond donors (Lipinski definition) is 1. The first-order valence-electron chi connectivity index (χ1n) is 4.21. The molecule has 0 saturated carbocycles. The lowest BCUT2D eigenvalue weighted by atomic mass is 10.1. The number of carboxylic acid groups (broad SMARTS) is 1. The highest BCUT2D eigenvalue weighted by atomic mass is 79.9. The van der Waals surface area contributed by atoms with Gasteiger partial charge < -0.3 is 5.11 Å². The van der Waals surface area contributed by atoms with Gasteiger partial charge in [0.05, 0.1) is 5.56 Å². The first kappa shape index (κ1) is 13.7. The minimum absolute atomic E-state index is 0.316. The summed E-state index contributed by atoms with van der Waals surface area (Å²) in [5, 5.41) is 8.77. The van der Waals surface area contributed by atoms with E-state index in [0.717, 1.165) is 14.5 Å². The summed E-state index contributed by atoms with van der Waals surface area (Å²) in [5.41, 5.74) is 1.06. The van der Waals surface area contributed by atoms with Crippen LogP contribution in [0.1, 0.15) is 29.8 Å². The molecule has 1 N–H and O–H groups in total. The SMILES string of the molecule is CC.Cc1c(Br)cc(Br)cc1C(=O)O. The Kier molecular flexibility index (Phi) is 6.04. The highest BCUT2D eigenvalue weighted by Gasteiger charge is 2.10. The van der Waals surface area contributed by atoms with Crippen molar-refractivity contribution in [3.63, 3.8) is 0 Å². The van der Waals surface area contributed by atoms with Crippen LogP contribution in [-0.2, 0) is 0 Å². The molecule has 0 bridgehead atoms. The van der Waals surface area contributed by atoms with Crippen molar-refractivity contribution < 1.29 is 9.90 Å². The molecule has 1 rings (SSSR count). The number of rotatable bonds is 1. The van der Waals surface area contributed by atoms with Crippen LogP contribution >= 0.6 is 31.9 Å². The molecule has 1 aromatic rings. The molecule has 0 radical (unpaired) electrons. The van der Waals surface area contributed by atoms with Gasteiger partial charge in [-0.15, -0.1) is 0 Å². The molecule has 0 saturated heterocycles. The van der Waals surface area contributed by atoms with E-state index in [1.165, 1.54) is 0 Å². The maximum Gasteiger partial charge on any atom is 0.336 e. The van der Waals surface area contributed by atoms with Gasteiger partial charge in [-0.25, -0.2) is 4.79 Å². The van der Waals surface area contributed by atoms with E-state index in [9.17, 15) is 4.79 Å². The summed E-state index contributed by atoms with van der Waals surface area (Å²) in [6.07, 6.45) is 0. The van der Waals surface area contributed by atoms with Crippen LogP contribution in [0.2, 0.25) is 0 Å². The predicted octanol–water partition coefficient (Wildman–Crippen LogP) is 4.24. The number of aromatic carboxylic acids is 1. The minimum atomic E-state index is -0.908. The molecular formula is C10H12Br2O2. The third-order valence-corrected chi connectivity index (χ3v) is 2.82. The third kappa shape index (κ3) is 3.42. The Morgan fingerprint density at radius 1 is 1.29 bits per heavy atom. The molecule has 0 amide bonds. The molecule has 0 unspecified atom stereocenters. The van der Waals surface area contributed by atoms with Gasteiger partial charge in [0.25, 0.3) is 0 Å². The molecule has 0 spiro atoms. The average Bonchev–Trinajstić information content (AvgIpc) is 2.14. The lowest BCUT2D eigenvalue weighted by molar-refractivity contribution is 0.0696.